The minimum Gasteiger partial charge on any atom is -0.394 e. The lowest BCUT2D eigenvalue weighted by atomic mass is 9.99. The van der Waals surface area contributed by atoms with Crippen molar-refractivity contribution in [2.24, 2.45) is 0 Å². The highest BCUT2D eigenvalue weighted by atomic mass is 16.7. The lowest BCUT2D eigenvalue weighted by Gasteiger charge is -2.39. The normalized spacial score (nSPS) is 38.1. The number of ketones is 1. The summed E-state index contributed by atoms with van der Waals surface area (Å²) in [5.41, 5.74) is 0. The van der Waals surface area contributed by atoms with Crippen LogP contribution in [0.2, 0.25) is 0 Å². The van der Waals surface area contributed by atoms with Gasteiger partial charge in [-0.3, -0.25) is 4.79 Å². The monoisotopic (exact) mass is 250 g/mol. The highest BCUT2D eigenvalue weighted by Gasteiger charge is 2.43. The summed E-state index contributed by atoms with van der Waals surface area (Å²) in [6.45, 7) is 0.937. The van der Waals surface area contributed by atoms with Gasteiger partial charge in [-0.05, 0) is 6.92 Å². The predicted molar refractivity (Wildman–Crippen MR) is 55.0 cm³/mol. The van der Waals surface area contributed by atoms with Crippen LogP contribution in [0.25, 0.3) is 0 Å². The van der Waals surface area contributed by atoms with Gasteiger partial charge in [0, 0.05) is 6.42 Å². The van der Waals surface area contributed by atoms with Crippen molar-refractivity contribution in [1.82, 2.24) is 0 Å². The van der Waals surface area contributed by atoms with Crippen LogP contribution in [-0.4, -0.2) is 70.1 Å². The van der Waals surface area contributed by atoms with Crippen LogP contribution in [0.15, 0.2) is 0 Å². The SMILES string of the molecule is CC(=O)CCO[C@H]1O[C@H](CO)[C@@H](O)[C@H](O)[C@@H]1O. The molecule has 0 bridgehead atoms. The fourth-order valence-electron chi connectivity index (χ4n) is 1.52. The molecule has 0 radical (unpaired) electrons. The Balaban J connectivity index is 2.50. The number of Topliss-reactive ketones (excluding diaryl/α,β-unsaturated/α-hetero) is 1. The summed E-state index contributed by atoms with van der Waals surface area (Å²) in [6, 6.07) is 0. The van der Waals surface area contributed by atoms with E-state index in [1.807, 2.05) is 0 Å². The number of aliphatic hydroxyl groups excluding tert-OH is 4. The minimum atomic E-state index is -1.46. The molecule has 100 valence electrons. The molecule has 4 N–H and O–H groups in total. The fraction of sp³-hybridized carbons (Fsp3) is 0.900. The van der Waals surface area contributed by atoms with Gasteiger partial charge < -0.3 is 29.9 Å². The average Bonchev–Trinajstić information content (AvgIpc) is 2.29. The number of hydrogen-bond donors (Lipinski definition) is 4. The standard InChI is InChI=1S/C10H18O7/c1-5(12)2-3-16-10-9(15)8(14)7(13)6(4-11)17-10/h6-11,13-15H,2-4H2,1H3/t6-,7-,8+,9+,10+/m1/s1. The zero-order valence-corrected chi connectivity index (χ0v) is 9.52. The summed E-state index contributed by atoms with van der Waals surface area (Å²) in [5.74, 6) is -0.0745. The molecule has 0 amide bonds. The van der Waals surface area contributed by atoms with Crippen LogP contribution in [0, 0.1) is 0 Å². The molecule has 0 aromatic rings. The molecule has 1 aliphatic heterocycles. The van der Waals surface area contributed by atoms with Crippen LogP contribution < -0.4 is 0 Å². The van der Waals surface area contributed by atoms with Crippen LogP contribution in [0.1, 0.15) is 13.3 Å². The summed E-state index contributed by atoms with van der Waals surface area (Å²) >= 11 is 0. The van der Waals surface area contributed by atoms with E-state index < -0.39 is 37.3 Å². The first-order valence-electron chi connectivity index (χ1n) is 5.39. The van der Waals surface area contributed by atoms with E-state index in [4.69, 9.17) is 14.6 Å². The van der Waals surface area contributed by atoms with E-state index in [1.54, 1.807) is 0 Å². The van der Waals surface area contributed by atoms with Crippen LogP contribution in [0.3, 0.4) is 0 Å². The molecule has 0 aromatic carbocycles. The van der Waals surface area contributed by atoms with Crippen LogP contribution in [-0.2, 0) is 14.3 Å². The number of aliphatic hydroxyl groups is 4. The summed E-state index contributed by atoms with van der Waals surface area (Å²) in [5, 5.41) is 37.4. The van der Waals surface area contributed by atoms with Gasteiger partial charge in [-0.2, -0.15) is 0 Å². The summed E-state index contributed by atoms with van der Waals surface area (Å²) in [4.78, 5) is 10.7. The molecule has 1 heterocycles. The lowest BCUT2D eigenvalue weighted by molar-refractivity contribution is -0.300. The minimum absolute atomic E-state index is 0.0397. The quantitative estimate of drug-likeness (QED) is 0.437. The summed E-state index contributed by atoms with van der Waals surface area (Å²) < 4.78 is 10.2. The molecule has 7 nitrogen and oxygen atoms in total. The topological polar surface area (TPSA) is 116 Å². The molecule has 1 fully saturated rings. The third-order valence-corrected chi connectivity index (χ3v) is 2.58. The van der Waals surface area contributed by atoms with E-state index in [1.165, 1.54) is 6.92 Å². The van der Waals surface area contributed by atoms with E-state index >= 15 is 0 Å². The molecule has 1 saturated heterocycles. The van der Waals surface area contributed by atoms with Gasteiger partial charge in [0.25, 0.3) is 0 Å². The number of hydrogen-bond acceptors (Lipinski definition) is 7. The zero-order chi connectivity index (χ0) is 13.0. The van der Waals surface area contributed by atoms with Crippen molar-refractivity contribution in [3.63, 3.8) is 0 Å². The van der Waals surface area contributed by atoms with Gasteiger partial charge in [0.15, 0.2) is 6.29 Å². The number of rotatable bonds is 5. The first-order valence-corrected chi connectivity index (χ1v) is 5.39. The van der Waals surface area contributed by atoms with E-state index in [-0.39, 0.29) is 18.8 Å². The van der Waals surface area contributed by atoms with Gasteiger partial charge in [0.2, 0.25) is 0 Å². The van der Waals surface area contributed by atoms with E-state index in [0.29, 0.717) is 0 Å². The highest BCUT2D eigenvalue weighted by molar-refractivity contribution is 5.75. The molecule has 17 heavy (non-hydrogen) atoms. The first-order chi connectivity index (χ1) is 7.97. The second-order valence-electron chi connectivity index (χ2n) is 4.02. The number of ether oxygens (including phenoxy) is 2. The highest BCUT2D eigenvalue weighted by Crippen LogP contribution is 2.21. The van der Waals surface area contributed by atoms with E-state index in [0.717, 1.165) is 0 Å². The molecule has 0 saturated carbocycles. The lowest BCUT2D eigenvalue weighted by Crippen LogP contribution is -2.59. The summed E-state index contributed by atoms with van der Waals surface area (Å²) in [7, 11) is 0. The third-order valence-electron chi connectivity index (χ3n) is 2.58. The molecule has 5 atom stereocenters. The Bertz CT molecular complexity index is 255. The Labute approximate surface area is 98.6 Å². The van der Waals surface area contributed by atoms with Crippen LogP contribution in [0.5, 0.6) is 0 Å². The molecule has 1 rings (SSSR count). The average molecular weight is 250 g/mol. The van der Waals surface area contributed by atoms with Crippen molar-refractivity contribution in [3.05, 3.63) is 0 Å². The van der Waals surface area contributed by atoms with Crippen LogP contribution in [0.4, 0.5) is 0 Å². The Morgan fingerprint density at radius 1 is 1.24 bits per heavy atom. The second kappa shape index (κ2) is 6.39. The van der Waals surface area contributed by atoms with E-state index in [2.05, 4.69) is 0 Å². The Morgan fingerprint density at radius 3 is 2.41 bits per heavy atom. The predicted octanol–water partition coefficient (Wildman–Crippen LogP) is -2.22. The Morgan fingerprint density at radius 2 is 1.88 bits per heavy atom. The second-order valence-corrected chi connectivity index (χ2v) is 4.02. The van der Waals surface area contributed by atoms with Crippen molar-refractivity contribution in [1.29, 1.82) is 0 Å². The maximum absolute atomic E-state index is 10.7. The van der Waals surface area contributed by atoms with E-state index in [9.17, 15) is 20.1 Å². The maximum Gasteiger partial charge on any atom is 0.186 e. The number of carbonyl (C=O) groups is 1. The van der Waals surface area contributed by atoms with Gasteiger partial charge in [-0.25, -0.2) is 0 Å². The van der Waals surface area contributed by atoms with Gasteiger partial charge in [-0.15, -0.1) is 0 Å². The number of carbonyl (C=O) groups excluding carboxylic acids is 1. The molecule has 0 spiro atoms. The molecule has 0 unspecified atom stereocenters. The molecule has 1 aliphatic rings. The van der Waals surface area contributed by atoms with Gasteiger partial charge >= 0.3 is 0 Å². The molecule has 0 aromatic heterocycles. The fourth-order valence-corrected chi connectivity index (χ4v) is 1.52. The van der Waals surface area contributed by atoms with Gasteiger partial charge in [0.1, 0.15) is 30.2 Å². The van der Waals surface area contributed by atoms with Crippen molar-refractivity contribution in [3.8, 4) is 0 Å². The Kier molecular flexibility index (Phi) is 5.44. The molecular weight excluding hydrogens is 232 g/mol. The van der Waals surface area contributed by atoms with Crippen molar-refractivity contribution < 1.29 is 34.7 Å². The van der Waals surface area contributed by atoms with Crippen LogP contribution >= 0.6 is 0 Å². The molecule has 7 heteroatoms. The molecule has 0 aliphatic carbocycles. The third kappa shape index (κ3) is 3.70. The maximum atomic E-state index is 10.7. The Hall–Kier alpha value is -0.570. The first kappa shape index (κ1) is 14.5. The van der Waals surface area contributed by atoms with Gasteiger partial charge in [0.05, 0.1) is 13.2 Å². The summed E-state index contributed by atoms with van der Waals surface area (Å²) in [6.07, 6.45) is -6.26. The van der Waals surface area contributed by atoms with Crippen molar-refractivity contribution in [2.45, 2.75) is 44.1 Å². The van der Waals surface area contributed by atoms with Crippen molar-refractivity contribution >= 4 is 5.78 Å². The smallest absolute Gasteiger partial charge is 0.186 e. The molecular formula is C10H18O7. The van der Waals surface area contributed by atoms with Crippen molar-refractivity contribution in [2.75, 3.05) is 13.2 Å². The van der Waals surface area contributed by atoms with Gasteiger partial charge in [-0.1, -0.05) is 0 Å². The largest absolute Gasteiger partial charge is 0.394 e. The zero-order valence-electron chi connectivity index (χ0n) is 9.52.